The third-order valence-electron chi connectivity index (χ3n) is 4.96. The predicted molar refractivity (Wildman–Crippen MR) is 118 cm³/mol. The molecule has 1 amide bonds. The maximum atomic E-state index is 12.1. The molecule has 1 saturated heterocycles. The van der Waals surface area contributed by atoms with Crippen molar-refractivity contribution >= 4 is 29.2 Å². The highest BCUT2D eigenvalue weighted by atomic mass is 16.6. The Morgan fingerprint density at radius 1 is 1.17 bits per heavy atom. The molecular weight excluding hydrogens is 384 g/mol. The first-order valence-corrected chi connectivity index (χ1v) is 9.77. The van der Waals surface area contributed by atoms with Crippen LogP contribution in [0, 0.1) is 17.0 Å². The Balaban J connectivity index is 1.65. The average molecular weight is 410 g/mol. The second-order valence-electron chi connectivity index (χ2n) is 7.30. The van der Waals surface area contributed by atoms with Gasteiger partial charge in [-0.15, -0.1) is 0 Å². The van der Waals surface area contributed by atoms with E-state index in [2.05, 4.69) is 32.7 Å². The number of non-ortho nitro benzene ring substituents is 1. The Hall–Kier alpha value is -3.46. The molecule has 2 aromatic carbocycles. The molecule has 0 bridgehead atoms. The van der Waals surface area contributed by atoms with Crippen LogP contribution >= 0.6 is 0 Å². The Labute approximate surface area is 175 Å². The van der Waals surface area contributed by atoms with E-state index in [4.69, 9.17) is 0 Å². The second kappa shape index (κ2) is 9.84. The van der Waals surface area contributed by atoms with Crippen LogP contribution in [0.1, 0.15) is 11.1 Å². The first kappa shape index (κ1) is 21.3. The SMILES string of the molecule is Cc1ccc(NCC(=O)N/N=C/c2cc([N+](=O)[O-])ccc2N2CCN(C)CC2)cc1. The number of carbonyl (C=O) groups excluding carboxylic acids is 1. The highest BCUT2D eigenvalue weighted by Crippen LogP contribution is 2.25. The number of benzene rings is 2. The van der Waals surface area contributed by atoms with Crippen molar-refractivity contribution in [3.05, 3.63) is 63.7 Å². The van der Waals surface area contributed by atoms with Crippen molar-refractivity contribution < 1.29 is 9.72 Å². The number of nitrogens with zero attached hydrogens (tertiary/aromatic N) is 4. The lowest BCUT2D eigenvalue weighted by Gasteiger charge is -2.34. The maximum absolute atomic E-state index is 12.1. The van der Waals surface area contributed by atoms with E-state index >= 15 is 0 Å². The van der Waals surface area contributed by atoms with E-state index in [1.807, 2.05) is 31.2 Å². The van der Waals surface area contributed by atoms with Gasteiger partial charge in [0.15, 0.2) is 0 Å². The number of piperazine rings is 1. The van der Waals surface area contributed by atoms with Gasteiger partial charge in [0.2, 0.25) is 0 Å². The number of amides is 1. The summed E-state index contributed by atoms with van der Waals surface area (Å²) >= 11 is 0. The molecule has 0 atom stereocenters. The van der Waals surface area contributed by atoms with Crippen LogP contribution in [0.3, 0.4) is 0 Å². The standard InChI is InChI=1S/C21H26N6O3/c1-16-3-5-18(6-4-16)22-15-21(28)24-23-14-17-13-19(27(29)30)7-8-20(17)26-11-9-25(2)10-12-26/h3-8,13-14,22H,9-12,15H2,1-2H3,(H,24,28)/b23-14+. The third-order valence-corrected chi connectivity index (χ3v) is 4.96. The summed E-state index contributed by atoms with van der Waals surface area (Å²) < 4.78 is 0. The summed E-state index contributed by atoms with van der Waals surface area (Å²) in [6.07, 6.45) is 1.46. The molecule has 0 unspecified atom stereocenters. The molecule has 3 rings (SSSR count). The first-order chi connectivity index (χ1) is 14.4. The average Bonchev–Trinajstić information content (AvgIpc) is 2.74. The van der Waals surface area contributed by atoms with Crippen molar-refractivity contribution in [2.75, 3.05) is 50.0 Å². The molecule has 0 aromatic heterocycles. The van der Waals surface area contributed by atoms with E-state index in [1.54, 1.807) is 6.07 Å². The van der Waals surface area contributed by atoms with Gasteiger partial charge < -0.3 is 15.1 Å². The van der Waals surface area contributed by atoms with Crippen LogP contribution in [0.4, 0.5) is 17.1 Å². The monoisotopic (exact) mass is 410 g/mol. The zero-order valence-corrected chi connectivity index (χ0v) is 17.2. The van der Waals surface area contributed by atoms with Crippen LogP contribution in [0.5, 0.6) is 0 Å². The number of nitro benzene ring substituents is 1. The van der Waals surface area contributed by atoms with Gasteiger partial charge in [0.1, 0.15) is 0 Å². The molecule has 9 heteroatoms. The van der Waals surface area contributed by atoms with Gasteiger partial charge in [0.25, 0.3) is 11.6 Å². The first-order valence-electron chi connectivity index (χ1n) is 9.77. The number of hydrogen-bond donors (Lipinski definition) is 2. The van der Waals surface area contributed by atoms with E-state index in [1.165, 1.54) is 18.3 Å². The molecule has 2 aromatic rings. The molecule has 0 saturated carbocycles. The van der Waals surface area contributed by atoms with E-state index in [0.717, 1.165) is 43.1 Å². The number of hydrogen-bond acceptors (Lipinski definition) is 7. The van der Waals surface area contributed by atoms with Crippen molar-refractivity contribution in [2.45, 2.75) is 6.92 Å². The van der Waals surface area contributed by atoms with E-state index in [9.17, 15) is 14.9 Å². The van der Waals surface area contributed by atoms with Gasteiger partial charge >= 0.3 is 0 Å². The van der Waals surface area contributed by atoms with Crippen LogP contribution in [0.15, 0.2) is 47.6 Å². The smallest absolute Gasteiger partial charge is 0.270 e. The minimum Gasteiger partial charge on any atom is -0.376 e. The lowest BCUT2D eigenvalue weighted by Crippen LogP contribution is -2.44. The van der Waals surface area contributed by atoms with Gasteiger partial charge in [0.05, 0.1) is 17.7 Å². The molecule has 30 heavy (non-hydrogen) atoms. The van der Waals surface area contributed by atoms with Crippen molar-refractivity contribution in [3.63, 3.8) is 0 Å². The minimum absolute atomic E-state index is 0.0123. The summed E-state index contributed by atoms with van der Waals surface area (Å²) in [5.74, 6) is -0.307. The quantitative estimate of drug-likeness (QED) is 0.412. The van der Waals surface area contributed by atoms with Gasteiger partial charge in [-0.2, -0.15) is 5.10 Å². The van der Waals surface area contributed by atoms with Crippen LogP contribution in [-0.4, -0.2) is 61.7 Å². The summed E-state index contributed by atoms with van der Waals surface area (Å²) in [6, 6.07) is 12.4. The number of nitrogens with one attached hydrogen (secondary N) is 2. The molecule has 158 valence electrons. The molecule has 0 aliphatic carbocycles. The Bertz CT molecular complexity index is 921. The molecular formula is C21H26N6O3. The highest BCUT2D eigenvalue weighted by molar-refractivity contribution is 5.90. The number of hydrazone groups is 1. The topological polar surface area (TPSA) is 103 Å². The van der Waals surface area contributed by atoms with Gasteiger partial charge in [0, 0.05) is 55.2 Å². The maximum Gasteiger partial charge on any atom is 0.270 e. The van der Waals surface area contributed by atoms with Crippen molar-refractivity contribution in [1.29, 1.82) is 0 Å². The summed E-state index contributed by atoms with van der Waals surface area (Å²) in [4.78, 5) is 27.2. The molecule has 1 heterocycles. The van der Waals surface area contributed by atoms with Crippen LogP contribution in [0.2, 0.25) is 0 Å². The lowest BCUT2D eigenvalue weighted by atomic mass is 10.1. The van der Waals surface area contributed by atoms with Gasteiger partial charge in [-0.3, -0.25) is 14.9 Å². The largest absolute Gasteiger partial charge is 0.376 e. The number of nitro groups is 1. The number of anilines is 2. The van der Waals surface area contributed by atoms with E-state index < -0.39 is 4.92 Å². The molecule has 1 fully saturated rings. The number of aryl methyl sites for hydroxylation is 1. The summed E-state index contributed by atoms with van der Waals surface area (Å²) in [6.45, 7) is 5.53. The fourth-order valence-electron chi connectivity index (χ4n) is 3.16. The van der Waals surface area contributed by atoms with Gasteiger partial charge in [-0.1, -0.05) is 17.7 Å². The Morgan fingerprint density at radius 2 is 1.87 bits per heavy atom. The molecule has 1 aliphatic heterocycles. The van der Waals surface area contributed by atoms with E-state index in [0.29, 0.717) is 5.56 Å². The molecule has 0 radical (unpaired) electrons. The van der Waals surface area contributed by atoms with Crippen LogP contribution in [0.25, 0.3) is 0 Å². The van der Waals surface area contributed by atoms with Gasteiger partial charge in [-0.25, -0.2) is 5.43 Å². The molecule has 0 spiro atoms. The molecule has 2 N–H and O–H groups in total. The summed E-state index contributed by atoms with van der Waals surface area (Å²) in [5, 5.41) is 18.2. The predicted octanol–water partition coefficient (Wildman–Crippen LogP) is 2.22. The van der Waals surface area contributed by atoms with Gasteiger partial charge in [-0.05, 0) is 32.2 Å². The number of likely N-dealkylation sites (N-methyl/N-ethyl adjacent to an activating group) is 1. The Morgan fingerprint density at radius 3 is 2.53 bits per heavy atom. The zero-order valence-electron chi connectivity index (χ0n) is 17.2. The normalized spacial score (nSPS) is 14.7. The van der Waals surface area contributed by atoms with Crippen LogP contribution in [-0.2, 0) is 4.79 Å². The summed E-state index contributed by atoms with van der Waals surface area (Å²) in [5.41, 5.74) is 5.91. The lowest BCUT2D eigenvalue weighted by molar-refractivity contribution is -0.384. The fraction of sp³-hybridized carbons (Fsp3) is 0.333. The number of carbonyl (C=O) groups is 1. The van der Waals surface area contributed by atoms with E-state index in [-0.39, 0.29) is 18.1 Å². The highest BCUT2D eigenvalue weighted by Gasteiger charge is 2.18. The van der Waals surface area contributed by atoms with Crippen LogP contribution < -0.4 is 15.6 Å². The summed E-state index contributed by atoms with van der Waals surface area (Å²) in [7, 11) is 2.07. The Kier molecular flexibility index (Phi) is 6.97. The second-order valence-corrected chi connectivity index (χ2v) is 7.30. The van der Waals surface area contributed by atoms with Crippen molar-refractivity contribution in [1.82, 2.24) is 10.3 Å². The zero-order chi connectivity index (χ0) is 21.5. The minimum atomic E-state index is -0.435. The van der Waals surface area contributed by atoms with Crippen molar-refractivity contribution in [3.8, 4) is 0 Å². The van der Waals surface area contributed by atoms with Crippen molar-refractivity contribution in [2.24, 2.45) is 5.10 Å². The third kappa shape index (κ3) is 5.77. The number of rotatable bonds is 7. The molecule has 1 aliphatic rings. The fourth-order valence-corrected chi connectivity index (χ4v) is 3.16. The molecule has 9 nitrogen and oxygen atoms in total.